The van der Waals surface area contributed by atoms with Gasteiger partial charge in [-0.3, -0.25) is 4.79 Å². The zero-order valence-corrected chi connectivity index (χ0v) is 10.6. The summed E-state index contributed by atoms with van der Waals surface area (Å²) in [5, 5.41) is 7.36. The fourth-order valence-corrected chi connectivity index (χ4v) is 1.77. The highest BCUT2D eigenvalue weighted by Gasteiger charge is 2.10. The Kier molecular flexibility index (Phi) is 3.11. The highest BCUT2D eigenvalue weighted by Crippen LogP contribution is 2.26. The number of aromatic amines is 1. The Hall–Kier alpha value is -3.16. The summed E-state index contributed by atoms with van der Waals surface area (Å²) >= 11 is 0. The van der Waals surface area contributed by atoms with E-state index in [9.17, 15) is 9.18 Å². The van der Waals surface area contributed by atoms with Crippen molar-refractivity contribution in [3.05, 3.63) is 48.0 Å². The van der Waals surface area contributed by atoms with E-state index in [0.717, 1.165) is 0 Å². The number of nitrogens with zero attached hydrogens (tertiary/aromatic N) is 4. The molecule has 0 aliphatic rings. The van der Waals surface area contributed by atoms with E-state index in [2.05, 4.69) is 25.2 Å². The molecule has 8 heteroatoms. The molecule has 3 aromatic rings. The number of fused-ring (bicyclic) bond motifs is 1. The molecule has 7 nitrogen and oxygen atoms in total. The molecular weight excluding hydrogens is 275 g/mol. The lowest BCUT2D eigenvalue weighted by molar-refractivity contribution is 0.0995. The fourth-order valence-electron chi connectivity index (χ4n) is 1.77. The van der Waals surface area contributed by atoms with E-state index in [1.165, 1.54) is 36.7 Å². The van der Waals surface area contributed by atoms with Crippen LogP contribution in [-0.2, 0) is 0 Å². The van der Waals surface area contributed by atoms with E-state index >= 15 is 0 Å². The summed E-state index contributed by atoms with van der Waals surface area (Å²) in [5.74, 6) is -0.491. The number of nitrogen functional groups attached to an aromatic ring is 1. The summed E-state index contributed by atoms with van der Waals surface area (Å²) in [6.07, 6.45) is 2.98. The number of carbonyl (C=O) groups is 1. The van der Waals surface area contributed by atoms with Gasteiger partial charge in [0.05, 0.1) is 0 Å². The molecule has 3 rings (SSSR count). The van der Waals surface area contributed by atoms with Crippen LogP contribution in [0.5, 0.6) is 0 Å². The number of nitrogens with two attached hydrogens (primary N) is 1. The van der Waals surface area contributed by atoms with E-state index in [1.54, 1.807) is 0 Å². The van der Waals surface area contributed by atoms with Crippen LogP contribution in [0.25, 0.3) is 11.0 Å². The Balaban J connectivity index is 1.91. The van der Waals surface area contributed by atoms with Gasteiger partial charge in [0.2, 0.25) is 0 Å². The number of H-pyrrole nitrogens is 1. The number of hydrogen-bond acceptors (Lipinski definition) is 5. The second-order valence-corrected chi connectivity index (χ2v) is 4.15. The quantitative estimate of drug-likeness (QED) is 0.705. The van der Waals surface area contributed by atoms with Gasteiger partial charge in [-0.1, -0.05) is 0 Å². The van der Waals surface area contributed by atoms with Crippen LogP contribution < -0.4 is 5.73 Å². The molecule has 0 radical (unpaired) electrons. The lowest BCUT2D eigenvalue weighted by Gasteiger charge is -1.93. The molecule has 2 heterocycles. The molecule has 0 saturated heterocycles. The van der Waals surface area contributed by atoms with Gasteiger partial charge in [-0.05, 0) is 24.3 Å². The molecule has 104 valence electrons. The van der Waals surface area contributed by atoms with Crippen molar-refractivity contribution in [2.75, 3.05) is 5.73 Å². The first-order valence-electron chi connectivity index (χ1n) is 5.95. The zero-order valence-electron chi connectivity index (χ0n) is 10.6. The number of benzene rings is 1. The Morgan fingerprint density at radius 2 is 1.81 bits per heavy atom. The van der Waals surface area contributed by atoms with E-state index in [1.807, 2.05) is 0 Å². The second-order valence-electron chi connectivity index (χ2n) is 4.15. The van der Waals surface area contributed by atoms with Gasteiger partial charge in [0.15, 0.2) is 5.82 Å². The van der Waals surface area contributed by atoms with Crippen molar-refractivity contribution in [3.63, 3.8) is 0 Å². The van der Waals surface area contributed by atoms with Crippen LogP contribution in [0, 0.1) is 5.82 Å². The van der Waals surface area contributed by atoms with Crippen LogP contribution in [0.4, 0.5) is 16.0 Å². The third-order valence-corrected chi connectivity index (χ3v) is 2.76. The number of anilines is 1. The van der Waals surface area contributed by atoms with Crippen LogP contribution in [0.3, 0.4) is 0 Å². The Morgan fingerprint density at radius 1 is 1.14 bits per heavy atom. The number of rotatable bonds is 2. The van der Waals surface area contributed by atoms with Gasteiger partial charge in [-0.15, -0.1) is 10.2 Å². The molecule has 3 N–H and O–H groups in total. The third kappa shape index (κ3) is 2.46. The number of hydrogen-bond donors (Lipinski definition) is 2. The van der Waals surface area contributed by atoms with Gasteiger partial charge in [0.1, 0.15) is 22.7 Å². The van der Waals surface area contributed by atoms with Crippen molar-refractivity contribution in [1.82, 2.24) is 15.0 Å². The van der Waals surface area contributed by atoms with Crippen molar-refractivity contribution >= 4 is 28.6 Å². The van der Waals surface area contributed by atoms with Gasteiger partial charge in [0.25, 0.3) is 5.91 Å². The Labute approximate surface area is 117 Å². The van der Waals surface area contributed by atoms with Crippen molar-refractivity contribution in [1.29, 1.82) is 0 Å². The summed E-state index contributed by atoms with van der Waals surface area (Å²) < 4.78 is 12.8. The maximum atomic E-state index is 12.8. The van der Waals surface area contributed by atoms with E-state index in [-0.39, 0.29) is 11.4 Å². The van der Waals surface area contributed by atoms with E-state index in [0.29, 0.717) is 16.9 Å². The monoisotopic (exact) mass is 284 g/mol. The first-order chi connectivity index (χ1) is 10.1. The largest absolute Gasteiger partial charge is 0.383 e. The van der Waals surface area contributed by atoms with Crippen molar-refractivity contribution in [3.8, 4) is 0 Å². The molecule has 0 spiro atoms. The lowest BCUT2D eigenvalue weighted by Crippen LogP contribution is -1.93. The van der Waals surface area contributed by atoms with Crippen LogP contribution in [0.2, 0.25) is 0 Å². The number of nitrogens with one attached hydrogen (secondary N) is 1. The zero-order chi connectivity index (χ0) is 14.8. The maximum absolute atomic E-state index is 12.8. The summed E-state index contributed by atoms with van der Waals surface area (Å²) in [6, 6.07) is 5.02. The molecule has 0 unspecified atom stereocenters. The molecule has 0 aliphatic carbocycles. The van der Waals surface area contributed by atoms with Crippen LogP contribution in [-0.4, -0.2) is 20.9 Å². The van der Waals surface area contributed by atoms with Crippen molar-refractivity contribution in [2.24, 2.45) is 10.2 Å². The molecule has 1 amide bonds. The molecule has 0 aliphatic heterocycles. The van der Waals surface area contributed by atoms with E-state index in [4.69, 9.17) is 5.73 Å². The normalized spacial score (nSPS) is 11.3. The SMILES string of the molecule is Nc1[nH]c(N=NC(=O)c2ccc(F)cc2)c2nccnc12. The predicted molar refractivity (Wildman–Crippen MR) is 73.5 cm³/mol. The van der Waals surface area contributed by atoms with Gasteiger partial charge in [0, 0.05) is 18.0 Å². The first-order valence-corrected chi connectivity index (χ1v) is 5.95. The summed E-state index contributed by atoms with van der Waals surface area (Å²) in [6.45, 7) is 0. The van der Waals surface area contributed by atoms with Gasteiger partial charge < -0.3 is 10.7 Å². The van der Waals surface area contributed by atoms with Crippen LogP contribution in [0.15, 0.2) is 46.9 Å². The summed E-state index contributed by atoms with van der Waals surface area (Å²) in [5.41, 5.74) is 6.84. The third-order valence-electron chi connectivity index (χ3n) is 2.76. The first kappa shape index (κ1) is 12.9. The second kappa shape index (κ2) is 5.08. The lowest BCUT2D eigenvalue weighted by atomic mass is 10.2. The van der Waals surface area contributed by atoms with Crippen molar-refractivity contribution in [2.45, 2.75) is 0 Å². The van der Waals surface area contributed by atoms with Crippen LogP contribution in [0.1, 0.15) is 10.4 Å². The average Bonchev–Trinajstić information content (AvgIpc) is 2.83. The van der Waals surface area contributed by atoms with Gasteiger partial charge in [-0.2, -0.15) is 0 Å². The smallest absolute Gasteiger partial charge is 0.295 e. The minimum absolute atomic E-state index is 0.232. The standard InChI is InChI=1S/C13H9FN6O/c14-8-3-1-7(2-4-8)13(21)20-19-12-10-9(11(15)18-12)16-5-6-17-10/h1-6,18H,15H2. The van der Waals surface area contributed by atoms with E-state index < -0.39 is 11.7 Å². The fraction of sp³-hybridized carbons (Fsp3) is 0. The summed E-state index contributed by atoms with van der Waals surface area (Å²) in [7, 11) is 0. The topological polar surface area (TPSA) is 109 Å². The average molecular weight is 284 g/mol. The maximum Gasteiger partial charge on any atom is 0.295 e. The molecular formula is C13H9FN6O. The molecule has 21 heavy (non-hydrogen) atoms. The van der Waals surface area contributed by atoms with Crippen LogP contribution >= 0.6 is 0 Å². The highest BCUT2D eigenvalue weighted by atomic mass is 19.1. The Morgan fingerprint density at radius 3 is 2.52 bits per heavy atom. The number of amides is 1. The molecule has 0 atom stereocenters. The molecule has 0 fully saturated rings. The van der Waals surface area contributed by atoms with Gasteiger partial charge >= 0.3 is 0 Å². The minimum Gasteiger partial charge on any atom is -0.383 e. The highest BCUT2D eigenvalue weighted by molar-refractivity contribution is 5.96. The Bertz CT molecular complexity index is 839. The van der Waals surface area contributed by atoms with Gasteiger partial charge in [-0.25, -0.2) is 14.4 Å². The van der Waals surface area contributed by atoms with Crippen molar-refractivity contribution < 1.29 is 9.18 Å². The molecule has 0 saturated carbocycles. The molecule has 1 aromatic carbocycles. The molecule has 2 aromatic heterocycles. The number of halogens is 1. The summed E-state index contributed by atoms with van der Waals surface area (Å²) in [4.78, 5) is 22.7. The predicted octanol–water partition coefficient (Wildman–Crippen LogP) is 2.60. The number of azo groups is 1. The number of aromatic nitrogens is 3. The number of carbonyl (C=O) groups excluding carboxylic acids is 1. The molecule has 0 bridgehead atoms. The minimum atomic E-state index is -0.597.